The number of pyridine rings is 1. The van der Waals surface area contributed by atoms with E-state index in [1.165, 1.54) is 4.68 Å². The van der Waals surface area contributed by atoms with Gasteiger partial charge in [-0.2, -0.15) is 5.10 Å². The smallest absolute Gasteiger partial charge is 0.241 e. The van der Waals surface area contributed by atoms with Gasteiger partial charge in [-0.3, -0.25) is 4.79 Å². The van der Waals surface area contributed by atoms with Gasteiger partial charge >= 0.3 is 0 Å². The summed E-state index contributed by atoms with van der Waals surface area (Å²) < 4.78 is 7.82. The number of hydrogen-bond donors (Lipinski definition) is 0. The monoisotopic (exact) mass is 450 g/mol. The average Bonchev–Trinajstić information content (AvgIpc) is 3.03. The molecular weight excluding hydrogens is 443 g/mol. The molecule has 0 aliphatic carbocycles. The first-order valence-corrected chi connectivity index (χ1v) is 8.99. The summed E-state index contributed by atoms with van der Waals surface area (Å²) >= 11 is 15.8. The van der Waals surface area contributed by atoms with Crippen molar-refractivity contribution in [1.82, 2.24) is 14.8 Å². The molecule has 9 heteroatoms. The Balaban J connectivity index is 1.91. The molecule has 0 saturated heterocycles. The summed E-state index contributed by atoms with van der Waals surface area (Å²) in [4.78, 5) is 20.3. The number of rotatable bonds is 3. The molecule has 1 aromatic carbocycles. The highest BCUT2D eigenvalue weighted by atomic mass is 79.9. The largest absolute Gasteiger partial charge is 0.460 e. The number of para-hydroxylation sites is 1. The van der Waals surface area contributed by atoms with E-state index in [1.807, 2.05) is 0 Å². The maximum absolute atomic E-state index is 11.5. The number of fused-ring (bicyclic) bond motifs is 1. The fraction of sp³-hybridized carbons (Fsp3) is 0.0588. The number of aldehydes is 1. The van der Waals surface area contributed by atoms with Crippen molar-refractivity contribution in [3.63, 3.8) is 0 Å². The van der Waals surface area contributed by atoms with Crippen LogP contribution >= 0.6 is 39.1 Å². The number of halogens is 3. The summed E-state index contributed by atoms with van der Waals surface area (Å²) in [6, 6.07) is 10.3. The molecule has 0 N–H and O–H groups in total. The topological polar surface area (TPSA) is 69.4 Å². The van der Waals surface area contributed by atoms with Crippen molar-refractivity contribution in [1.29, 1.82) is 0 Å². The van der Waals surface area contributed by atoms with E-state index in [0.29, 0.717) is 43.7 Å². The summed E-state index contributed by atoms with van der Waals surface area (Å²) in [6.45, 7) is 0. The molecule has 1 unspecified atom stereocenters. The van der Waals surface area contributed by atoms with Crippen LogP contribution in [-0.4, -0.2) is 26.9 Å². The van der Waals surface area contributed by atoms with Crippen molar-refractivity contribution < 1.29 is 9.53 Å². The summed E-state index contributed by atoms with van der Waals surface area (Å²) in [5, 5.41) is 5.19. The second-order valence-corrected chi connectivity index (χ2v) is 6.97. The number of hydrogen-bond acceptors (Lipinski definition) is 5. The quantitative estimate of drug-likeness (QED) is 0.542. The standard InChI is InChI=1S/C17H9BrCl2N4O2/c18-14-7-12(24(23-14)16-11(20)5-2-6-21-16)17-22-15-9(13(8-25)26-17)3-1-4-10(15)19/h1-8,13H. The van der Waals surface area contributed by atoms with E-state index in [9.17, 15) is 4.79 Å². The van der Waals surface area contributed by atoms with Gasteiger partial charge in [-0.25, -0.2) is 14.7 Å². The van der Waals surface area contributed by atoms with Crippen LogP contribution < -0.4 is 0 Å². The molecule has 4 rings (SSSR count). The fourth-order valence-corrected chi connectivity index (χ4v) is 3.41. The lowest BCUT2D eigenvalue weighted by Crippen LogP contribution is -2.21. The average molecular weight is 452 g/mol. The van der Waals surface area contributed by atoms with E-state index in [4.69, 9.17) is 27.9 Å². The third-order valence-corrected chi connectivity index (χ3v) is 4.73. The highest BCUT2D eigenvalue weighted by Crippen LogP contribution is 2.38. The molecule has 3 aromatic rings. The van der Waals surface area contributed by atoms with E-state index < -0.39 is 6.10 Å². The van der Waals surface area contributed by atoms with E-state index >= 15 is 0 Å². The first-order chi connectivity index (χ1) is 12.6. The van der Waals surface area contributed by atoms with Crippen molar-refractivity contribution in [2.75, 3.05) is 0 Å². The summed E-state index contributed by atoms with van der Waals surface area (Å²) in [7, 11) is 0. The highest BCUT2D eigenvalue weighted by Gasteiger charge is 2.29. The Kier molecular flexibility index (Phi) is 4.52. The molecule has 130 valence electrons. The molecule has 26 heavy (non-hydrogen) atoms. The minimum absolute atomic E-state index is 0.197. The number of carbonyl (C=O) groups is 1. The van der Waals surface area contributed by atoms with E-state index in [0.717, 1.165) is 0 Å². The number of benzene rings is 1. The third-order valence-electron chi connectivity index (χ3n) is 3.74. The van der Waals surface area contributed by atoms with Crippen molar-refractivity contribution >= 4 is 57.0 Å². The van der Waals surface area contributed by atoms with Gasteiger partial charge in [0.1, 0.15) is 10.3 Å². The zero-order valence-electron chi connectivity index (χ0n) is 12.9. The van der Waals surface area contributed by atoms with Crippen molar-refractivity contribution in [2.45, 2.75) is 6.10 Å². The molecule has 1 aliphatic rings. The normalized spacial score (nSPS) is 15.8. The first-order valence-electron chi connectivity index (χ1n) is 7.44. The molecule has 0 bridgehead atoms. The molecule has 1 atom stereocenters. The Bertz CT molecular complexity index is 1050. The first kappa shape index (κ1) is 17.2. The van der Waals surface area contributed by atoms with Crippen LogP contribution in [0.5, 0.6) is 0 Å². The van der Waals surface area contributed by atoms with Gasteiger partial charge in [0.25, 0.3) is 0 Å². The molecule has 1 aliphatic heterocycles. The van der Waals surface area contributed by atoms with E-state index in [1.54, 1.807) is 42.6 Å². The molecule has 0 fully saturated rings. The minimum atomic E-state index is -0.822. The zero-order valence-corrected chi connectivity index (χ0v) is 16.0. The van der Waals surface area contributed by atoms with E-state index in [-0.39, 0.29) is 5.90 Å². The minimum Gasteiger partial charge on any atom is -0.460 e. The predicted molar refractivity (Wildman–Crippen MR) is 102 cm³/mol. The van der Waals surface area contributed by atoms with Gasteiger partial charge in [0.15, 0.2) is 18.2 Å². The zero-order chi connectivity index (χ0) is 18.3. The lowest BCUT2D eigenvalue weighted by molar-refractivity contribution is -0.114. The van der Waals surface area contributed by atoms with Crippen molar-refractivity contribution in [3.05, 3.63) is 68.5 Å². The summed E-state index contributed by atoms with van der Waals surface area (Å²) in [6.07, 6.45) is 1.48. The molecular formula is C17H9BrCl2N4O2. The molecule has 6 nitrogen and oxygen atoms in total. The van der Waals surface area contributed by atoms with Gasteiger partial charge in [-0.05, 0) is 34.1 Å². The maximum atomic E-state index is 11.5. The van der Waals surface area contributed by atoms with Gasteiger partial charge in [-0.1, -0.05) is 35.3 Å². The predicted octanol–water partition coefficient (Wildman–Crippen LogP) is 4.69. The Labute approximate surface area is 166 Å². The second kappa shape index (κ2) is 6.83. The van der Waals surface area contributed by atoms with Crippen molar-refractivity contribution in [3.8, 4) is 5.82 Å². The SMILES string of the molecule is O=CC1OC(c2cc(Br)nn2-c2ncccc2Cl)=Nc2c(Cl)cccc21. The number of carbonyl (C=O) groups excluding carboxylic acids is 1. The van der Waals surface area contributed by atoms with Crippen LogP contribution in [0.25, 0.3) is 5.82 Å². The Morgan fingerprint density at radius 3 is 2.77 bits per heavy atom. The number of aliphatic imine (C=N–C) groups is 1. The van der Waals surface area contributed by atoms with Crippen molar-refractivity contribution in [2.24, 2.45) is 4.99 Å². The van der Waals surface area contributed by atoms with Gasteiger partial charge < -0.3 is 4.74 Å². The molecule has 3 heterocycles. The lowest BCUT2D eigenvalue weighted by atomic mass is 10.1. The van der Waals surface area contributed by atoms with Crippen LogP contribution in [-0.2, 0) is 9.53 Å². The van der Waals surface area contributed by atoms with Crippen LogP contribution in [0.2, 0.25) is 10.0 Å². The second-order valence-electron chi connectivity index (χ2n) is 5.34. The molecule has 2 aromatic heterocycles. The van der Waals surface area contributed by atoms with E-state index in [2.05, 4.69) is 31.0 Å². The van der Waals surface area contributed by atoms with Gasteiger partial charge in [0, 0.05) is 17.8 Å². The van der Waals surface area contributed by atoms with Crippen LogP contribution in [0.4, 0.5) is 5.69 Å². The number of nitrogens with zero attached hydrogens (tertiary/aromatic N) is 4. The number of aromatic nitrogens is 3. The molecule has 0 spiro atoms. The van der Waals surface area contributed by atoms with Crippen LogP contribution in [0.3, 0.4) is 0 Å². The highest BCUT2D eigenvalue weighted by molar-refractivity contribution is 9.10. The molecule has 0 radical (unpaired) electrons. The maximum Gasteiger partial charge on any atom is 0.241 e. The third kappa shape index (κ3) is 2.92. The van der Waals surface area contributed by atoms with Crippen LogP contribution in [0, 0.1) is 0 Å². The molecule has 0 saturated carbocycles. The van der Waals surface area contributed by atoms with Crippen LogP contribution in [0.1, 0.15) is 17.4 Å². The Morgan fingerprint density at radius 2 is 2.00 bits per heavy atom. The molecule has 0 amide bonds. The van der Waals surface area contributed by atoms with Gasteiger partial charge in [-0.15, -0.1) is 0 Å². The Morgan fingerprint density at radius 1 is 1.19 bits per heavy atom. The van der Waals surface area contributed by atoms with Gasteiger partial charge in [0.2, 0.25) is 5.90 Å². The fourth-order valence-electron chi connectivity index (χ4n) is 2.61. The Hall–Kier alpha value is -2.22. The number of ether oxygens (including phenoxy) is 1. The lowest BCUT2D eigenvalue weighted by Gasteiger charge is -2.23. The summed E-state index contributed by atoms with van der Waals surface area (Å²) in [5.41, 5.74) is 1.58. The summed E-state index contributed by atoms with van der Waals surface area (Å²) in [5.74, 6) is 0.608. The van der Waals surface area contributed by atoms with Crippen LogP contribution in [0.15, 0.2) is 52.2 Å². The van der Waals surface area contributed by atoms with Gasteiger partial charge in [0.05, 0.1) is 15.7 Å².